The monoisotopic (exact) mass is 547 g/mol. The van der Waals surface area contributed by atoms with E-state index in [1.54, 1.807) is 0 Å². The van der Waals surface area contributed by atoms with Gasteiger partial charge in [0.1, 0.15) is 0 Å². The van der Waals surface area contributed by atoms with Crippen molar-refractivity contribution in [2.75, 3.05) is 13.2 Å². The standard InChI is InChI=1S/C28H61NO5Si2/c1-27(2,3)35(7,8)33-19-13-11-15-25(30)21-23-17-18-24(29(23)32)22-26(31)16-12-14-20-34-36(9,10)28(4,5)6/h23-26,30-32H,11-22H2,1-10H3/t23-,24+,25-,26-/m0/s1. The van der Waals surface area contributed by atoms with Crippen molar-refractivity contribution in [3.63, 3.8) is 0 Å². The molecule has 0 aromatic heterocycles. The van der Waals surface area contributed by atoms with Gasteiger partial charge in [-0.25, -0.2) is 0 Å². The SMILES string of the molecule is CC(C)(C)[Si](C)(C)OCCCC[C@H](O)C[C@H]1CC[C@@H](C[C@@H](O)CCCCO[Si](C)(C)C(C)(C)C)N1O. The molecular weight excluding hydrogens is 486 g/mol. The van der Waals surface area contributed by atoms with Gasteiger partial charge in [-0.1, -0.05) is 41.5 Å². The summed E-state index contributed by atoms with van der Waals surface area (Å²) in [5, 5.41) is 33.6. The molecule has 6 nitrogen and oxygen atoms in total. The lowest BCUT2D eigenvalue weighted by Crippen LogP contribution is -2.41. The molecule has 1 heterocycles. The smallest absolute Gasteiger partial charge is 0.191 e. The van der Waals surface area contributed by atoms with Crippen LogP contribution < -0.4 is 0 Å². The topological polar surface area (TPSA) is 82.4 Å². The van der Waals surface area contributed by atoms with E-state index in [9.17, 15) is 15.4 Å². The minimum atomic E-state index is -1.70. The van der Waals surface area contributed by atoms with Crippen molar-refractivity contribution < 1.29 is 24.3 Å². The number of unbranched alkanes of at least 4 members (excludes halogenated alkanes) is 2. The minimum Gasteiger partial charge on any atom is -0.417 e. The molecule has 0 aromatic rings. The van der Waals surface area contributed by atoms with E-state index in [1.165, 1.54) is 5.06 Å². The van der Waals surface area contributed by atoms with E-state index in [-0.39, 0.29) is 22.2 Å². The van der Waals surface area contributed by atoms with E-state index in [0.29, 0.717) is 12.8 Å². The van der Waals surface area contributed by atoms with Crippen molar-refractivity contribution in [3.8, 4) is 0 Å². The van der Waals surface area contributed by atoms with Gasteiger partial charge in [-0.3, -0.25) is 0 Å². The first-order valence-electron chi connectivity index (χ1n) is 14.5. The zero-order valence-electron chi connectivity index (χ0n) is 25.4. The summed E-state index contributed by atoms with van der Waals surface area (Å²) in [6.45, 7) is 24.1. The van der Waals surface area contributed by atoms with Crippen LogP contribution in [0.2, 0.25) is 36.3 Å². The Morgan fingerprint density at radius 1 is 0.694 bits per heavy atom. The fourth-order valence-electron chi connectivity index (χ4n) is 4.31. The van der Waals surface area contributed by atoms with E-state index in [2.05, 4.69) is 67.7 Å². The first-order valence-corrected chi connectivity index (χ1v) is 20.3. The maximum atomic E-state index is 10.7. The van der Waals surface area contributed by atoms with Crippen molar-refractivity contribution in [1.82, 2.24) is 5.06 Å². The van der Waals surface area contributed by atoms with Gasteiger partial charge in [0.15, 0.2) is 16.6 Å². The molecule has 216 valence electrons. The number of rotatable bonds is 16. The summed E-state index contributed by atoms with van der Waals surface area (Å²) in [6, 6.07) is -0.0302. The summed E-state index contributed by atoms with van der Waals surface area (Å²) in [4.78, 5) is 0. The lowest BCUT2D eigenvalue weighted by atomic mass is 10.0. The number of hydrogen-bond donors (Lipinski definition) is 3. The summed E-state index contributed by atoms with van der Waals surface area (Å²) >= 11 is 0. The van der Waals surface area contributed by atoms with Crippen LogP contribution >= 0.6 is 0 Å². The van der Waals surface area contributed by atoms with Crippen molar-refractivity contribution in [1.29, 1.82) is 0 Å². The Balaban J connectivity index is 2.23. The molecule has 1 aliphatic rings. The average Bonchev–Trinajstić information content (AvgIpc) is 3.04. The second kappa shape index (κ2) is 14.5. The molecule has 0 amide bonds. The summed E-state index contributed by atoms with van der Waals surface area (Å²) in [5.74, 6) is 0. The van der Waals surface area contributed by atoms with Gasteiger partial charge in [-0.05, 0) is 100 Å². The summed E-state index contributed by atoms with van der Waals surface area (Å²) in [5.41, 5.74) is 0. The molecule has 0 saturated carbocycles. The highest BCUT2D eigenvalue weighted by Crippen LogP contribution is 2.37. The zero-order valence-corrected chi connectivity index (χ0v) is 27.4. The molecule has 0 bridgehead atoms. The van der Waals surface area contributed by atoms with E-state index in [1.807, 2.05) is 0 Å². The lowest BCUT2D eigenvalue weighted by Gasteiger charge is -2.36. The third kappa shape index (κ3) is 11.5. The molecule has 36 heavy (non-hydrogen) atoms. The van der Waals surface area contributed by atoms with Gasteiger partial charge >= 0.3 is 0 Å². The first kappa shape index (κ1) is 34.2. The largest absolute Gasteiger partial charge is 0.417 e. The predicted molar refractivity (Wildman–Crippen MR) is 156 cm³/mol. The molecule has 1 saturated heterocycles. The lowest BCUT2D eigenvalue weighted by molar-refractivity contribution is -0.147. The van der Waals surface area contributed by atoms with Crippen LogP contribution in [-0.2, 0) is 8.85 Å². The molecule has 3 N–H and O–H groups in total. The number of hydroxylamine groups is 2. The average molecular weight is 548 g/mol. The van der Waals surface area contributed by atoms with Crippen molar-refractivity contribution in [3.05, 3.63) is 0 Å². The number of nitrogens with zero attached hydrogens (tertiary/aromatic N) is 1. The van der Waals surface area contributed by atoms with Gasteiger partial charge in [0.2, 0.25) is 0 Å². The van der Waals surface area contributed by atoms with Gasteiger partial charge in [0.05, 0.1) is 12.2 Å². The Kier molecular flexibility index (Phi) is 13.8. The molecule has 0 spiro atoms. The highest BCUT2D eigenvalue weighted by atomic mass is 28.4. The predicted octanol–water partition coefficient (Wildman–Crippen LogP) is 7.09. The number of aliphatic hydroxyl groups excluding tert-OH is 2. The Morgan fingerprint density at radius 3 is 1.33 bits per heavy atom. The molecule has 0 aliphatic carbocycles. The summed E-state index contributed by atoms with van der Waals surface area (Å²) in [7, 11) is -3.39. The molecule has 0 radical (unpaired) electrons. The van der Waals surface area contributed by atoms with Crippen LogP contribution in [0.25, 0.3) is 0 Å². The maximum absolute atomic E-state index is 10.7. The fraction of sp³-hybridized carbons (Fsp3) is 1.00. The van der Waals surface area contributed by atoms with Gasteiger partial charge in [-0.15, -0.1) is 0 Å². The highest BCUT2D eigenvalue weighted by molar-refractivity contribution is 6.74. The summed E-state index contributed by atoms with van der Waals surface area (Å²) < 4.78 is 12.5. The molecule has 1 rings (SSSR count). The third-order valence-corrected chi connectivity index (χ3v) is 18.1. The minimum absolute atomic E-state index is 0.0151. The van der Waals surface area contributed by atoms with E-state index >= 15 is 0 Å². The Bertz CT molecular complexity index is 566. The molecular formula is C28H61NO5Si2. The molecule has 0 aromatic carbocycles. The maximum Gasteiger partial charge on any atom is 0.191 e. The van der Waals surface area contributed by atoms with Crippen LogP contribution in [0.3, 0.4) is 0 Å². The van der Waals surface area contributed by atoms with E-state index < -0.39 is 28.8 Å². The van der Waals surface area contributed by atoms with Crippen LogP contribution in [0, 0.1) is 0 Å². The van der Waals surface area contributed by atoms with Crippen LogP contribution in [0.15, 0.2) is 0 Å². The van der Waals surface area contributed by atoms with Crippen molar-refractivity contribution in [2.24, 2.45) is 0 Å². The van der Waals surface area contributed by atoms with E-state index in [0.717, 1.165) is 64.6 Å². The molecule has 1 fully saturated rings. The Labute approximate surface area is 225 Å². The van der Waals surface area contributed by atoms with Crippen molar-refractivity contribution >= 4 is 16.6 Å². The van der Waals surface area contributed by atoms with Crippen LogP contribution in [-0.4, -0.2) is 74.6 Å². The van der Waals surface area contributed by atoms with E-state index in [4.69, 9.17) is 8.85 Å². The number of aliphatic hydroxyl groups is 2. The molecule has 1 aliphatic heterocycles. The third-order valence-electron chi connectivity index (χ3n) is 9.07. The van der Waals surface area contributed by atoms with Gasteiger partial charge in [0.25, 0.3) is 0 Å². The Morgan fingerprint density at radius 2 is 1.03 bits per heavy atom. The van der Waals surface area contributed by atoms with Crippen LogP contribution in [0.4, 0.5) is 0 Å². The quantitative estimate of drug-likeness (QED) is 0.141. The molecule has 0 unspecified atom stereocenters. The van der Waals surface area contributed by atoms with Gasteiger partial charge in [-0.2, -0.15) is 5.06 Å². The second-order valence-corrected chi connectivity index (χ2v) is 23.9. The summed E-state index contributed by atoms with van der Waals surface area (Å²) in [6.07, 6.45) is 7.44. The molecule has 4 atom stereocenters. The number of hydrogen-bond acceptors (Lipinski definition) is 6. The van der Waals surface area contributed by atoms with Gasteiger partial charge < -0.3 is 24.3 Å². The van der Waals surface area contributed by atoms with Crippen molar-refractivity contribution in [2.45, 2.75) is 166 Å². The first-order chi connectivity index (χ1) is 16.4. The van der Waals surface area contributed by atoms with Crippen LogP contribution in [0.1, 0.15) is 106 Å². The highest BCUT2D eigenvalue weighted by Gasteiger charge is 2.38. The second-order valence-electron chi connectivity index (χ2n) is 14.3. The van der Waals surface area contributed by atoms with Gasteiger partial charge in [0, 0.05) is 25.3 Å². The fourth-order valence-corrected chi connectivity index (χ4v) is 6.49. The Hall–Kier alpha value is 0.194. The molecule has 8 heteroatoms. The van der Waals surface area contributed by atoms with Crippen LogP contribution in [0.5, 0.6) is 0 Å². The normalized spacial score (nSPS) is 22.2. The zero-order chi connectivity index (χ0) is 27.8.